The second-order valence-electron chi connectivity index (χ2n) is 9.07. The molecule has 0 fully saturated rings. The minimum absolute atomic E-state index is 0.0520. The second kappa shape index (κ2) is 8.09. The zero-order chi connectivity index (χ0) is 25.1. The molecule has 0 saturated heterocycles. The van der Waals surface area contributed by atoms with E-state index in [1.165, 1.54) is 0 Å². The molecule has 0 bridgehead atoms. The number of ether oxygens (including phenoxy) is 4. The van der Waals surface area contributed by atoms with Crippen molar-refractivity contribution in [2.45, 2.75) is 12.3 Å². The fourth-order valence-electron chi connectivity index (χ4n) is 5.10. The summed E-state index contributed by atoms with van der Waals surface area (Å²) in [5.74, 6) is 0.566. The van der Waals surface area contributed by atoms with Crippen molar-refractivity contribution in [2.24, 2.45) is 0 Å². The molecule has 1 aromatic heterocycles. The number of Topliss-reactive ketones (excluding diaryl/α,β-unsaturated/α-hetero) is 1. The number of pyridine rings is 1. The van der Waals surface area contributed by atoms with Gasteiger partial charge < -0.3 is 23.9 Å². The minimum atomic E-state index is -0.638. The van der Waals surface area contributed by atoms with Gasteiger partial charge in [-0.15, -0.1) is 0 Å². The number of nitrogens with one attached hydrogen (secondary N) is 1. The van der Waals surface area contributed by atoms with Crippen LogP contribution in [0.5, 0.6) is 23.0 Å². The predicted octanol–water partition coefficient (Wildman–Crippen LogP) is 4.36. The molecule has 1 unspecified atom stereocenters. The van der Waals surface area contributed by atoms with Crippen LogP contribution >= 0.6 is 0 Å². The van der Waals surface area contributed by atoms with E-state index in [0.717, 1.165) is 5.39 Å². The van der Waals surface area contributed by atoms with Gasteiger partial charge in [0.05, 0.1) is 12.0 Å². The number of H-pyrrole nitrogens is 1. The Bertz CT molecular complexity index is 1730. The third-order valence-corrected chi connectivity index (χ3v) is 6.80. The van der Waals surface area contributed by atoms with Crippen LogP contribution in [0.2, 0.25) is 0 Å². The van der Waals surface area contributed by atoms with Crippen molar-refractivity contribution in [3.63, 3.8) is 0 Å². The lowest BCUT2D eigenvalue weighted by Gasteiger charge is -2.26. The van der Waals surface area contributed by atoms with Crippen molar-refractivity contribution in [1.29, 1.82) is 0 Å². The average Bonchev–Trinajstić information content (AvgIpc) is 3.22. The van der Waals surface area contributed by atoms with Crippen molar-refractivity contribution in [1.82, 2.24) is 4.98 Å². The first-order valence-corrected chi connectivity index (χ1v) is 11.9. The summed E-state index contributed by atoms with van der Waals surface area (Å²) in [5, 5.41) is 0.835. The lowest BCUT2D eigenvalue weighted by molar-refractivity contribution is -0.135. The van der Waals surface area contributed by atoms with Crippen molar-refractivity contribution < 1.29 is 28.5 Å². The van der Waals surface area contributed by atoms with Gasteiger partial charge in [0.1, 0.15) is 24.7 Å². The molecule has 4 aromatic rings. The van der Waals surface area contributed by atoms with Gasteiger partial charge in [0.15, 0.2) is 17.3 Å². The van der Waals surface area contributed by atoms with Crippen LogP contribution in [-0.4, -0.2) is 30.0 Å². The lowest BCUT2D eigenvalue weighted by Crippen LogP contribution is -2.26. The Morgan fingerprint density at radius 1 is 0.838 bits per heavy atom. The van der Waals surface area contributed by atoms with Crippen molar-refractivity contribution >= 4 is 28.7 Å². The van der Waals surface area contributed by atoms with Gasteiger partial charge in [-0.05, 0) is 53.4 Å². The number of aromatic nitrogens is 1. The average molecular weight is 493 g/mol. The number of carbonyl (C=O) groups excluding carboxylic acids is 2. The molecule has 182 valence electrons. The van der Waals surface area contributed by atoms with E-state index in [1.807, 2.05) is 30.3 Å². The summed E-state index contributed by atoms with van der Waals surface area (Å²) in [4.78, 5) is 41.8. The van der Waals surface area contributed by atoms with Gasteiger partial charge in [0, 0.05) is 22.6 Å². The van der Waals surface area contributed by atoms with Gasteiger partial charge in [-0.25, -0.2) is 0 Å². The lowest BCUT2D eigenvalue weighted by atomic mass is 9.85. The first kappa shape index (κ1) is 21.4. The SMILES string of the molecule is O=C1CC(c2cc3ccccc3[nH]c2=O)c2c(ccc3c2OC(=Cc2ccc4c(c2)OCCO4)C3=O)O1. The summed E-state index contributed by atoms with van der Waals surface area (Å²) in [6.45, 7) is 0.940. The standard InChI is InChI=1S/C29H19NO7/c31-25-14-18(19-13-16-3-1-2-4-20(16)30-29(19)33)26-22(36-25)8-6-17-27(32)24(37-28(17)26)12-15-5-7-21-23(11-15)35-10-9-34-21/h1-8,11-13,18H,9-10,14H2,(H,30,33). The summed E-state index contributed by atoms with van der Waals surface area (Å²) in [6.07, 6.45) is 1.59. The van der Waals surface area contributed by atoms with Gasteiger partial charge in [0.2, 0.25) is 5.78 Å². The van der Waals surface area contributed by atoms with Gasteiger partial charge in [-0.3, -0.25) is 14.4 Å². The molecule has 0 radical (unpaired) electrons. The monoisotopic (exact) mass is 493 g/mol. The number of hydrogen-bond donors (Lipinski definition) is 1. The summed E-state index contributed by atoms with van der Waals surface area (Å²) < 4.78 is 22.8. The molecule has 3 aromatic carbocycles. The minimum Gasteiger partial charge on any atom is -0.486 e. The van der Waals surface area contributed by atoms with Crippen LogP contribution in [0.3, 0.4) is 0 Å². The van der Waals surface area contributed by atoms with E-state index >= 15 is 0 Å². The fourth-order valence-corrected chi connectivity index (χ4v) is 5.10. The number of benzene rings is 3. The number of carbonyl (C=O) groups is 2. The first-order chi connectivity index (χ1) is 18.0. The smallest absolute Gasteiger partial charge is 0.312 e. The summed E-state index contributed by atoms with van der Waals surface area (Å²) in [5.41, 5.74) is 2.37. The van der Waals surface area contributed by atoms with Crippen LogP contribution in [0, 0.1) is 0 Å². The maximum atomic E-state index is 13.3. The number of aromatic amines is 1. The Morgan fingerprint density at radius 3 is 2.54 bits per heavy atom. The summed E-state index contributed by atoms with van der Waals surface area (Å²) in [6, 6.07) is 17.8. The van der Waals surface area contributed by atoms with Crippen LogP contribution in [0.25, 0.3) is 17.0 Å². The molecule has 7 rings (SSSR count). The highest BCUT2D eigenvalue weighted by atomic mass is 16.6. The van der Waals surface area contributed by atoms with Gasteiger partial charge in [0.25, 0.3) is 5.56 Å². The van der Waals surface area contributed by atoms with E-state index in [-0.39, 0.29) is 29.3 Å². The van der Waals surface area contributed by atoms with Crippen LogP contribution in [-0.2, 0) is 4.79 Å². The van der Waals surface area contributed by atoms with Crippen LogP contribution in [0.1, 0.15) is 39.4 Å². The van der Waals surface area contributed by atoms with Crippen LogP contribution < -0.4 is 24.5 Å². The highest BCUT2D eigenvalue weighted by Crippen LogP contribution is 2.48. The maximum absolute atomic E-state index is 13.3. The molecule has 8 heteroatoms. The molecular formula is C29H19NO7. The van der Waals surface area contributed by atoms with E-state index in [4.69, 9.17) is 18.9 Å². The largest absolute Gasteiger partial charge is 0.486 e. The number of para-hydroxylation sites is 1. The Kier molecular flexibility index (Phi) is 4.69. The molecule has 0 aliphatic carbocycles. The maximum Gasteiger partial charge on any atom is 0.312 e. The molecule has 3 aliphatic rings. The fraction of sp³-hybridized carbons (Fsp3) is 0.138. The molecule has 0 saturated carbocycles. The number of allylic oxidation sites excluding steroid dienone is 1. The summed E-state index contributed by atoms with van der Waals surface area (Å²) in [7, 11) is 0. The molecule has 0 spiro atoms. The molecule has 0 amide bonds. The number of ketones is 1. The van der Waals surface area contributed by atoms with Gasteiger partial charge in [-0.1, -0.05) is 24.3 Å². The summed E-state index contributed by atoms with van der Waals surface area (Å²) >= 11 is 0. The van der Waals surface area contributed by atoms with E-state index in [1.54, 1.807) is 36.4 Å². The zero-order valence-corrected chi connectivity index (χ0v) is 19.4. The Hall–Kier alpha value is -4.85. The number of rotatable bonds is 2. The van der Waals surface area contributed by atoms with Crippen molar-refractivity contribution in [3.05, 3.63) is 99.0 Å². The Balaban J connectivity index is 1.33. The predicted molar refractivity (Wildman–Crippen MR) is 133 cm³/mol. The van der Waals surface area contributed by atoms with Gasteiger partial charge >= 0.3 is 5.97 Å². The van der Waals surface area contributed by atoms with Crippen LogP contribution in [0.4, 0.5) is 0 Å². The molecule has 1 atom stereocenters. The number of fused-ring (bicyclic) bond motifs is 5. The first-order valence-electron chi connectivity index (χ1n) is 11.9. The number of hydrogen-bond acceptors (Lipinski definition) is 7. The molecule has 1 N–H and O–H groups in total. The van der Waals surface area contributed by atoms with Crippen LogP contribution in [0.15, 0.2) is 71.2 Å². The van der Waals surface area contributed by atoms with E-state index < -0.39 is 11.9 Å². The molecule has 8 nitrogen and oxygen atoms in total. The third kappa shape index (κ3) is 3.48. The highest BCUT2D eigenvalue weighted by Gasteiger charge is 2.39. The Morgan fingerprint density at radius 2 is 1.65 bits per heavy atom. The third-order valence-electron chi connectivity index (χ3n) is 6.80. The van der Waals surface area contributed by atoms with Crippen molar-refractivity contribution in [3.8, 4) is 23.0 Å². The van der Waals surface area contributed by atoms with E-state index in [9.17, 15) is 14.4 Å². The van der Waals surface area contributed by atoms with Gasteiger partial charge in [-0.2, -0.15) is 0 Å². The van der Waals surface area contributed by atoms with Crippen molar-refractivity contribution in [2.75, 3.05) is 13.2 Å². The number of esters is 1. The highest BCUT2D eigenvalue weighted by molar-refractivity contribution is 6.15. The normalized spacial score (nSPS) is 18.8. The topological polar surface area (TPSA) is 104 Å². The molecular weight excluding hydrogens is 474 g/mol. The van der Waals surface area contributed by atoms with E-state index in [0.29, 0.717) is 58.2 Å². The molecule has 3 aliphatic heterocycles. The van der Waals surface area contributed by atoms with E-state index in [2.05, 4.69) is 4.98 Å². The Labute approximate surface area is 210 Å². The molecule has 4 heterocycles. The molecule has 37 heavy (non-hydrogen) atoms. The quantitative estimate of drug-likeness (QED) is 0.251. The zero-order valence-electron chi connectivity index (χ0n) is 19.4. The second-order valence-corrected chi connectivity index (χ2v) is 9.07.